The molecule has 0 saturated heterocycles. The first-order chi connectivity index (χ1) is 15.5. The molecule has 6 nitrogen and oxygen atoms in total. The van der Waals surface area contributed by atoms with Crippen molar-refractivity contribution in [3.8, 4) is 17.0 Å². The van der Waals surface area contributed by atoms with Gasteiger partial charge in [-0.2, -0.15) is 0 Å². The van der Waals surface area contributed by atoms with Gasteiger partial charge in [0.2, 0.25) is 0 Å². The summed E-state index contributed by atoms with van der Waals surface area (Å²) in [5.41, 5.74) is 2.53. The quantitative estimate of drug-likeness (QED) is 0.326. The molecule has 2 aromatic heterocycles. The number of carbonyl (C=O) groups is 1. The maximum absolute atomic E-state index is 14.7. The van der Waals surface area contributed by atoms with Crippen molar-refractivity contribution in [3.05, 3.63) is 65.0 Å². The summed E-state index contributed by atoms with van der Waals surface area (Å²) in [6.45, 7) is 0.524. The van der Waals surface area contributed by atoms with E-state index in [0.29, 0.717) is 34.1 Å². The van der Waals surface area contributed by atoms with E-state index in [1.54, 1.807) is 18.2 Å². The number of hydrogen-bond donors (Lipinski definition) is 2. The smallest absolute Gasteiger partial charge is 0.336 e. The van der Waals surface area contributed by atoms with Crippen molar-refractivity contribution in [2.75, 3.05) is 25.2 Å². The number of carboxylic acid groups (broad SMARTS) is 1. The monoisotopic (exact) mass is 469 g/mol. The number of nitrogens with one attached hydrogen (secondary N) is 1. The average molecular weight is 470 g/mol. The van der Waals surface area contributed by atoms with Crippen LogP contribution in [0.4, 0.5) is 10.2 Å². The first kappa shape index (κ1) is 22.0. The topological polar surface area (TPSA) is 84.3 Å². The van der Waals surface area contributed by atoms with Gasteiger partial charge in [-0.25, -0.2) is 19.2 Å². The number of nitrogens with zero attached hydrogens (tertiary/aromatic N) is 2. The van der Waals surface area contributed by atoms with Gasteiger partial charge in [0.25, 0.3) is 0 Å². The van der Waals surface area contributed by atoms with E-state index in [1.807, 2.05) is 29.8 Å². The summed E-state index contributed by atoms with van der Waals surface area (Å²) < 4.78 is 20.6. The number of anilines is 1. The lowest BCUT2D eigenvalue weighted by atomic mass is 10.1. The van der Waals surface area contributed by atoms with Crippen molar-refractivity contribution in [1.82, 2.24) is 9.97 Å². The van der Waals surface area contributed by atoms with E-state index in [-0.39, 0.29) is 17.1 Å². The molecule has 0 amide bonds. The second-order valence-corrected chi connectivity index (χ2v) is 8.67. The van der Waals surface area contributed by atoms with Gasteiger partial charge in [0.15, 0.2) is 11.6 Å². The SMILES string of the molecule is COc1c(CCNc2cc(-c3ccc(C(=O)O)c(SC)c3)ncn2)cc2ccsc2c1F. The van der Waals surface area contributed by atoms with E-state index < -0.39 is 5.97 Å². The van der Waals surface area contributed by atoms with Crippen LogP contribution in [0.25, 0.3) is 21.3 Å². The highest BCUT2D eigenvalue weighted by molar-refractivity contribution is 7.98. The van der Waals surface area contributed by atoms with E-state index in [9.17, 15) is 14.3 Å². The summed E-state index contributed by atoms with van der Waals surface area (Å²) in [5.74, 6) is -0.389. The molecule has 0 aliphatic rings. The van der Waals surface area contributed by atoms with Gasteiger partial charge in [0, 0.05) is 23.1 Å². The number of thioether (sulfide) groups is 1. The number of ether oxygens (including phenoxy) is 1. The Hall–Kier alpha value is -3.17. The number of aromatic nitrogens is 2. The third kappa shape index (κ3) is 4.39. The number of benzene rings is 2. The molecule has 0 unspecified atom stereocenters. The van der Waals surface area contributed by atoms with Crippen LogP contribution in [0.3, 0.4) is 0 Å². The summed E-state index contributed by atoms with van der Waals surface area (Å²) in [6, 6.07) is 10.8. The Morgan fingerprint density at radius 3 is 2.84 bits per heavy atom. The van der Waals surface area contributed by atoms with E-state index in [2.05, 4.69) is 15.3 Å². The molecular formula is C23H20FN3O3S2. The fraction of sp³-hybridized carbons (Fsp3) is 0.174. The maximum atomic E-state index is 14.7. The fourth-order valence-corrected chi connectivity index (χ4v) is 4.91. The van der Waals surface area contributed by atoms with Gasteiger partial charge in [-0.15, -0.1) is 23.1 Å². The molecule has 2 aromatic carbocycles. The second kappa shape index (κ2) is 9.54. The number of halogens is 1. The first-order valence-corrected chi connectivity index (χ1v) is 11.8. The molecule has 9 heteroatoms. The zero-order valence-corrected chi connectivity index (χ0v) is 19.0. The average Bonchev–Trinajstić information content (AvgIpc) is 3.28. The Morgan fingerprint density at radius 2 is 2.09 bits per heavy atom. The Kier molecular flexibility index (Phi) is 6.57. The van der Waals surface area contributed by atoms with Crippen LogP contribution in [-0.2, 0) is 6.42 Å². The summed E-state index contributed by atoms with van der Waals surface area (Å²) in [5, 5.41) is 15.3. The number of methoxy groups -OCH3 is 1. The van der Waals surface area contributed by atoms with Crippen LogP contribution >= 0.6 is 23.1 Å². The summed E-state index contributed by atoms with van der Waals surface area (Å²) >= 11 is 2.73. The molecule has 164 valence electrons. The molecule has 0 aliphatic heterocycles. The maximum Gasteiger partial charge on any atom is 0.336 e. The lowest BCUT2D eigenvalue weighted by Gasteiger charge is -2.12. The molecule has 4 rings (SSSR count). The number of carboxylic acids is 1. The minimum absolute atomic E-state index is 0.262. The molecule has 0 radical (unpaired) electrons. The summed E-state index contributed by atoms with van der Waals surface area (Å²) in [4.78, 5) is 20.6. The highest BCUT2D eigenvalue weighted by Gasteiger charge is 2.15. The van der Waals surface area contributed by atoms with E-state index in [0.717, 1.165) is 16.5 Å². The van der Waals surface area contributed by atoms with Crippen LogP contribution < -0.4 is 10.1 Å². The van der Waals surface area contributed by atoms with E-state index in [4.69, 9.17) is 4.74 Å². The molecular weight excluding hydrogens is 449 g/mol. The van der Waals surface area contributed by atoms with Crippen LogP contribution in [-0.4, -0.2) is 41.0 Å². The molecule has 0 fully saturated rings. The molecule has 32 heavy (non-hydrogen) atoms. The highest BCUT2D eigenvalue weighted by atomic mass is 32.2. The molecule has 2 N–H and O–H groups in total. The minimum Gasteiger partial charge on any atom is -0.493 e. The largest absolute Gasteiger partial charge is 0.493 e. The Labute approximate surface area is 192 Å². The lowest BCUT2D eigenvalue weighted by molar-refractivity contribution is 0.0693. The number of aromatic carboxylic acids is 1. The van der Waals surface area contributed by atoms with Crippen molar-refractivity contribution in [3.63, 3.8) is 0 Å². The van der Waals surface area contributed by atoms with Gasteiger partial charge in [-0.3, -0.25) is 0 Å². The van der Waals surface area contributed by atoms with Gasteiger partial charge in [-0.1, -0.05) is 6.07 Å². The third-order valence-corrected chi connectivity index (χ3v) is 6.72. The molecule has 0 spiro atoms. The molecule has 0 saturated carbocycles. The fourth-order valence-electron chi connectivity index (χ4n) is 3.48. The van der Waals surface area contributed by atoms with Crippen LogP contribution in [0, 0.1) is 5.82 Å². The number of hydrogen-bond acceptors (Lipinski definition) is 7. The lowest BCUT2D eigenvalue weighted by Crippen LogP contribution is -2.08. The van der Waals surface area contributed by atoms with Crippen LogP contribution in [0.2, 0.25) is 0 Å². The predicted octanol–water partition coefficient (Wildman–Crippen LogP) is 5.58. The van der Waals surface area contributed by atoms with Crippen LogP contribution in [0.5, 0.6) is 5.75 Å². The van der Waals surface area contributed by atoms with Crippen molar-refractivity contribution >= 4 is 45.0 Å². The molecule has 2 heterocycles. The molecule has 0 bridgehead atoms. The first-order valence-electron chi connectivity index (χ1n) is 9.72. The Balaban J connectivity index is 1.51. The number of thiophene rings is 1. The Bertz CT molecular complexity index is 1290. The molecule has 0 aliphatic carbocycles. The van der Waals surface area contributed by atoms with E-state index in [1.165, 1.54) is 36.5 Å². The van der Waals surface area contributed by atoms with Crippen molar-refractivity contribution in [2.45, 2.75) is 11.3 Å². The highest BCUT2D eigenvalue weighted by Crippen LogP contribution is 2.34. The Morgan fingerprint density at radius 1 is 1.25 bits per heavy atom. The summed E-state index contributed by atoms with van der Waals surface area (Å²) in [7, 11) is 1.48. The van der Waals surface area contributed by atoms with Gasteiger partial charge < -0.3 is 15.2 Å². The normalized spacial score (nSPS) is 11.0. The minimum atomic E-state index is -0.960. The summed E-state index contributed by atoms with van der Waals surface area (Å²) in [6.07, 6.45) is 3.84. The zero-order chi connectivity index (χ0) is 22.7. The standard InChI is InChI=1S/C23H20FN3O3S2/c1-30-21-14(9-15-6-8-32-22(15)20(21)24)5-7-25-19-11-17(26-12-27-19)13-3-4-16(23(28)29)18(10-13)31-2/h3-4,6,8-12H,5,7H2,1-2H3,(H,28,29)(H,25,26,27). The van der Waals surface area contributed by atoms with Crippen molar-refractivity contribution in [2.24, 2.45) is 0 Å². The predicted molar refractivity (Wildman–Crippen MR) is 127 cm³/mol. The molecule has 0 atom stereocenters. The van der Waals surface area contributed by atoms with Crippen LogP contribution in [0.1, 0.15) is 15.9 Å². The van der Waals surface area contributed by atoms with Gasteiger partial charge in [-0.05, 0) is 53.3 Å². The molecule has 4 aromatic rings. The zero-order valence-electron chi connectivity index (χ0n) is 17.4. The van der Waals surface area contributed by atoms with Crippen LogP contribution in [0.15, 0.2) is 53.0 Å². The van der Waals surface area contributed by atoms with E-state index >= 15 is 0 Å². The third-order valence-electron chi connectivity index (χ3n) is 5.02. The van der Waals surface area contributed by atoms with Crippen molar-refractivity contribution in [1.29, 1.82) is 0 Å². The number of rotatable bonds is 8. The van der Waals surface area contributed by atoms with Gasteiger partial charge in [0.05, 0.1) is 23.1 Å². The van der Waals surface area contributed by atoms with Gasteiger partial charge in [0.1, 0.15) is 12.1 Å². The number of fused-ring (bicyclic) bond motifs is 1. The van der Waals surface area contributed by atoms with Gasteiger partial charge >= 0.3 is 5.97 Å². The van der Waals surface area contributed by atoms with Crippen molar-refractivity contribution < 1.29 is 19.0 Å². The second-order valence-electron chi connectivity index (χ2n) is 6.91.